The first-order chi connectivity index (χ1) is 14.8. The highest BCUT2D eigenvalue weighted by atomic mass is 32.2. The summed E-state index contributed by atoms with van der Waals surface area (Å²) in [4.78, 5) is 19.0. The predicted molar refractivity (Wildman–Crippen MR) is 122 cm³/mol. The lowest BCUT2D eigenvalue weighted by atomic mass is 10.1. The molecule has 1 aromatic carbocycles. The Morgan fingerprint density at radius 3 is 2.55 bits per heavy atom. The molecule has 3 heterocycles. The first kappa shape index (κ1) is 21.2. The van der Waals surface area contributed by atoms with Gasteiger partial charge in [-0.05, 0) is 48.7 Å². The Morgan fingerprint density at radius 1 is 1.19 bits per heavy atom. The van der Waals surface area contributed by atoms with E-state index in [0.717, 1.165) is 9.18 Å². The van der Waals surface area contributed by atoms with Crippen molar-refractivity contribution in [1.82, 2.24) is 19.1 Å². The number of benzene rings is 1. The van der Waals surface area contributed by atoms with Crippen LogP contribution in [0.15, 0.2) is 58.9 Å². The van der Waals surface area contributed by atoms with Crippen LogP contribution in [0.2, 0.25) is 0 Å². The number of rotatable bonds is 6. The van der Waals surface area contributed by atoms with Gasteiger partial charge < -0.3 is 5.32 Å². The Labute approximate surface area is 184 Å². The highest BCUT2D eigenvalue weighted by Gasteiger charge is 2.19. The minimum atomic E-state index is -3.53. The molecule has 0 radical (unpaired) electrons. The van der Waals surface area contributed by atoms with Gasteiger partial charge in [-0.2, -0.15) is 5.10 Å². The molecule has 0 saturated carbocycles. The molecule has 10 heteroatoms. The largest absolute Gasteiger partial charge is 0.322 e. The van der Waals surface area contributed by atoms with Crippen molar-refractivity contribution in [2.75, 3.05) is 19.4 Å². The van der Waals surface area contributed by atoms with Crippen LogP contribution in [-0.4, -0.2) is 47.5 Å². The summed E-state index contributed by atoms with van der Waals surface area (Å²) in [5.41, 5.74) is 2.30. The van der Waals surface area contributed by atoms with Crippen molar-refractivity contribution in [3.63, 3.8) is 0 Å². The van der Waals surface area contributed by atoms with Gasteiger partial charge in [0, 0.05) is 26.3 Å². The Kier molecular flexibility index (Phi) is 5.61. The van der Waals surface area contributed by atoms with Crippen LogP contribution in [0.1, 0.15) is 17.3 Å². The molecule has 4 rings (SSSR count). The molecule has 0 spiro atoms. The Hall–Kier alpha value is -3.08. The fraction of sp³-hybridized carbons (Fsp3) is 0.190. The smallest absolute Gasteiger partial charge is 0.256 e. The quantitative estimate of drug-likeness (QED) is 0.478. The van der Waals surface area contributed by atoms with E-state index in [-0.39, 0.29) is 10.8 Å². The van der Waals surface area contributed by atoms with E-state index < -0.39 is 10.0 Å². The van der Waals surface area contributed by atoms with E-state index in [4.69, 9.17) is 4.98 Å². The molecule has 0 aliphatic rings. The average Bonchev–Trinajstić information content (AvgIpc) is 3.43. The fourth-order valence-electron chi connectivity index (χ4n) is 3.14. The topological polar surface area (TPSA) is 97.2 Å². The van der Waals surface area contributed by atoms with Gasteiger partial charge in [0.25, 0.3) is 5.91 Å². The third-order valence-corrected chi connectivity index (χ3v) is 7.54. The number of hydrogen-bond donors (Lipinski definition) is 1. The van der Waals surface area contributed by atoms with Crippen LogP contribution in [0, 0.1) is 0 Å². The molecule has 1 N–H and O–H groups in total. The number of fused-ring (bicyclic) bond motifs is 1. The molecule has 0 saturated heterocycles. The van der Waals surface area contributed by atoms with Crippen molar-refractivity contribution < 1.29 is 13.2 Å². The molecule has 0 unspecified atom stereocenters. The Morgan fingerprint density at radius 2 is 1.94 bits per heavy atom. The maximum Gasteiger partial charge on any atom is 0.256 e. The van der Waals surface area contributed by atoms with Crippen LogP contribution in [0.25, 0.3) is 21.6 Å². The molecule has 8 nitrogen and oxygen atoms in total. The van der Waals surface area contributed by atoms with Gasteiger partial charge in [-0.15, -0.1) is 11.3 Å². The summed E-state index contributed by atoms with van der Waals surface area (Å²) in [6.07, 6.45) is 1.64. The number of hydrogen-bond acceptors (Lipinski definition) is 6. The molecular weight excluding hydrogens is 434 g/mol. The summed E-state index contributed by atoms with van der Waals surface area (Å²) in [5.74, 6) is -0.316. The minimum Gasteiger partial charge on any atom is -0.322 e. The van der Waals surface area contributed by atoms with Crippen molar-refractivity contribution in [2.45, 2.75) is 18.4 Å². The number of pyridine rings is 1. The number of anilines is 1. The lowest BCUT2D eigenvalue weighted by molar-refractivity contribution is 0.102. The van der Waals surface area contributed by atoms with Crippen LogP contribution in [0.4, 0.5) is 5.69 Å². The van der Waals surface area contributed by atoms with Crippen LogP contribution in [0.5, 0.6) is 0 Å². The van der Waals surface area contributed by atoms with Gasteiger partial charge in [0.15, 0.2) is 5.65 Å². The van der Waals surface area contributed by atoms with Crippen molar-refractivity contribution in [1.29, 1.82) is 0 Å². The SMILES string of the molecule is CCn1ncc2c(C(=O)Nc3ccc(S(=O)(=O)N(C)C)cc3)cc(-c3cccs3)nc21. The van der Waals surface area contributed by atoms with E-state index in [1.807, 2.05) is 24.4 Å². The number of sulfonamides is 1. The van der Waals surface area contributed by atoms with Crippen molar-refractivity contribution in [3.8, 4) is 10.6 Å². The molecule has 160 valence electrons. The molecule has 1 amide bonds. The van der Waals surface area contributed by atoms with E-state index in [9.17, 15) is 13.2 Å². The second-order valence-corrected chi connectivity index (χ2v) is 10.1. The number of carbonyl (C=O) groups is 1. The summed E-state index contributed by atoms with van der Waals surface area (Å²) in [6, 6.07) is 11.7. The first-order valence-corrected chi connectivity index (χ1v) is 11.9. The number of nitrogens with one attached hydrogen (secondary N) is 1. The second-order valence-electron chi connectivity index (χ2n) is 7.00. The van der Waals surface area contributed by atoms with Crippen LogP contribution in [0.3, 0.4) is 0 Å². The second kappa shape index (κ2) is 8.22. The summed E-state index contributed by atoms with van der Waals surface area (Å²) < 4.78 is 27.4. The molecule has 0 aliphatic carbocycles. The van der Waals surface area contributed by atoms with Gasteiger partial charge in [-0.25, -0.2) is 22.4 Å². The highest BCUT2D eigenvalue weighted by molar-refractivity contribution is 7.89. The van der Waals surface area contributed by atoms with Gasteiger partial charge in [0.1, 0.15) is 0 Å². The van der Waals surface area contributed by atoms with E-state index >= 15 is 0 Å². The zero-order valence-corrected chi connectivity index (χ0v) is 18.9. The van der Waals surface area contributed by atoms with Crippen LogP contribution >= 0.6 is 11.3 Å². The summed E-state index contributed by atoms with van der Waals surface area (Å²) in [7, 11) is -0.584. The molecule has 0 aliphatic heterocycles. The van der Waals surface area contributed by atoms with Gasteiger partial charge >= 0.3 is 0 Å². The number of carbonyl (C=O) groups excluding carboxylic acids is 1. The molecular formula is C21H21N5O3S2. The number of aromatic nitrogens is 3. The van der Waals surface area contributed by atoms with Gasteiger partial charge in [0.05, 0.1) is 32.6 Å². The molecule has 0 bridgehead atoms. The minimum absolute atomic E-state index is 0.158. The maximum absolute atomic E-state index is 13.1. The molecule has 0 atom stereocenters. The van der Waals surface area contributed by atoms with Gasteiger partial charge in [-0.3, -0.25) is 4.79 Å². The van der Waals surface area contributed by atoms with Crippen molar-refractivity contribution in [3.05, 3.63) is 59.6 Å². The van der Waals surface area contributed by atoms with Crippen LogP contribution < -0.4 is 5.32 Å². The Balaban J connectivity index is 1.70. The number of thiophene rings is 1. The third-order valence-electron chi connectivity index (χ3n) is 4.82. The summed E-state index contributed by atoms with van der Waals surface area (Å²) >= 11 is 1.55. The zero-order valence-electron chi connectivity index (χ0n) is 17.2. The normalized spacial score (nSPS) is 11.9. The van der Waals surface area contributed by atoms with Crippen molar-refractivity contribution in [2.24, 2.45) is 0 Å². The van der Waals surface area contributed by atoms with E-state index in [1.165, 1.54) is 26.2 Å². The van der Waals surface area contributed by atoms with Gasteiger partial charge in [0.2, 0.25) is 10.0 Å². The number of amides is 1. The summed E-state index contributed by atoms with van der Waals surface area (Å²) in [6.45, 7) is 2.60. The van der Waals surface area contributed by atoms with E-state index in [0.29, 0.717) is 34.5 Å². The lowest BCUT2D eigenvalue weighted by Gasteiger charge is -2.12. The zero-order chi connectivity index (χ0) is 22.2. The molecule has 3 aromatic heterocycles. The number of nitrogens with zero attached hydrogens (tertiary/aromatic N) is 4. The van der Waals surface area contributed by atoms with Crippen molar-refractivity contribution >= 4 is 44.0 Å². The van der Waals surface area contributed by atoms with E-state index in [2.05, 4.69) is 10.4 Å². The third kappa shape index (κ3) is 3.97. The average molecular weight is 456 g/mol. The van der Waals surface area contributed by atoms with E-state index in [1.54, 1.807) is 40.4 Å². The molecule has 0 fully saturated rings. The standard InChI is InChI=1S/C21H21N5O3S2/c1-4-26-20-17(13-22-26)16(12-18(24-20)19-6-5-11-30-19)21(27)23-14-7-9-15(10-8-14)31(28,29)25(2)3/h5-13H,4H2,1-3H3,(H,23,27). The monoisotopic (exact) mass is 455 g/mol. The van der Waals surface area contributed by atoms with Crippen LogP contribution in [-0.2, 0) is 16.6 Å². The predicted octanol–water partition coefficient (Wildman–Crippen LogP) is 3.68. The molecule has 31 heavy (non-hydrogen) atoms. The summed E-state index contributed by atoms with van der Waals surface area (Å²) in [5, 5.41) is 9.82. The lowest BCUT2D eigenvalue weighted by Crippen LogP contribution is -2.22. The number of aryl methyl sites for hydroxylation is 1. The molecule has 4 aromatic rings. The first-order valence-electron chi connectivity index (χ1n) is 9.55. The fourth-order valence-corrected chi connectivity index (χ4v) is 4.72. The van der Waals surface area contributed by atoms with Gasteiger partial charge in [-0.1, -0.05) is 6.07 Å². The maximum atomic E-state index is 13.1. The highest BCUT2D eigenvalue weighted by Crippen LogP contribution is 2.28. The Bertz CT molecular complexity index is 1340.